The fourth-order valence-electron chi connectivity index (χ4n) is 3.74. The quantitative estimate of drug-likeness (QED) is 0.693. The molecule has 0 saturated heterocycles. The lowest BCUT2D eigenvalue weighted by Crippen LogP contribution is -2.50. The SMILES string of the molecule is CC1(C)CC(NC(=O)CCCl)CC(C)(CNC(=O)CCCl)C1. The third kappa shape index (κ3) is 6.74. The third-order valence-electron chi connectivity index (χ3n) is 4.16. The highest BCUT2D eigenvalue weighted by Gasteiger charge is 2.41. The van der Waals surface area contributed by atoms with E-state index in [9.17, 15) is 9.59 Å². The van der Waals surface area contributed by atoms with Gasteiger partial charge in [0.2, 0.25) is 11.8 Å². The van der Waals surface area contributed by atoms with Gasteiger partial charge in [-0.25, -0.2) is 0 Å². The molecule has 22 heavy (non-hydrogen) atoms. The molecule has 2 atom stereocenters. The molecular formula is C16H28Cl2N2O2. The zero-order valence-electron chi connectivity index (χ0n) is 13.8. The molecule has 2 amide bonds. The van der Waals surface area contributed by atoms with Crippen molar-refractivity contribution in [2.24, 2.45) is 10.8 Å². The molecule has 0 spiro atoms. The van der Waals surface area contributed by atoms with E-state index in [1.165, 1.54) is 0 Å². The molecule has 1 rings (SSSR count). The van der Waals surface area contributed by atoms with Crippen molar-refractivity contribution in [1.29, 1.82) is 0 Å². The van der Waals surface area contributed by atoms with Gasteiger partial charge in [-0.15, -0.1) is 23.2 Å². The van der Waals surface area contributed by atoms with Crippen molar-refractivity contribution >= 4 is 35.0 Å². The van der Waals surface area contributed by atoms with Crippen molar-refractivity contribution in [3.63, 3.8) is 0 Å². The van der Waals surface area contributed by atoms with Crippen LogP contribution in [0.2, 0.25) is 0 Å². The van der Waals surface area contributed by atoms with Crippen LogP contribution in [0.4, 0.5) is 0 Å². The summed E-state index contributed by atoms with van der Waals surface area (Å²) in [5.41, 5.74) is 0.103. The van der Waals surface area contributed by atoms with Gasteiger partial charge < -0.3 is 10.6 Å². The van der Waals surface area contributed by atoms with Crippen molar-refractivity contribution in [3.8, 4) is 0 Å². The van der Waals surface area contributed by atoms with Crippen molar-refractivity contribution in [2.45, 2.75) is 58.9 Å². The Kier molecular flexibility index (Phi) is 7.47. The largest absolute Gasteiger partial charge is 0.356 e. The molecule has 0 bridgehead atoms. The van der Waals surface area contributed by atoms with Gasteiger partial charge in [0.1, 0.15) is 0 Å². The minimum absolute atomic E-state index is 0.00576. The monoisotopic (exact) mass is 350 g/mol. The Morgan fingerprint density at radius 2 is 1.64 bits per heavy atom. The highest BCUT2D eigenvalue weighted by Crippen LogP contribution is 2.45. The smallest absolute Gasteiger partial charge is 0.221 e. The second-order valence-electron chi connectivity index (χ2n) is 7.48. The van der Waals surface area contributed by atoms with Crippen LogP contribution in [-0.4, -0.2) is 36.2 Å². The molecule has 6 heteroatoms. The van der Waals surface area contributed by atoms with E-state index in [0.29, 0.717) is 31.1 Å². The Balaban J connectivity index is 2.65. The van der Waals surface area contributed by atoms with Gasteiger partial charge in [-0.1, -0.05) is 20.8 Å². The number of carbonyl (C=O) groups is 2. The molecule has 0 radical (unpaired) electrons. The van der Waals surface area contributed by atoms with Gasteiger partial charge in [0, 0.05) is 37.2 Å². The first kappa shape index (κ1) is 19.6. The van der Waals surface area contributed by atoms with Gasteiger partial charge in [-0.05, 0) is 30.1 Å². The summed E-state index contributed by atoms with van der Waals surface area (Å²) in [6.45, 7) is 7.22. The number of rotatable bonds is 7. The van der Waals surface area contributed by atoms with Gasteiger partial charge in [-0.2, -0.15) is 0 Å². The Morgan fingerprint density at radius 3 is 2.23 bits per heavy atom. The summed E-state index contributed by atoms with van der Waals surface area (Å²) in [5, 5.41) is 6.06. The van der Waals surface area contributed by atoms with Gasteiger partial charge in [0.05, 0.1) is 0 Å². The van der Waals surface area contributed by atoms with Crippen LogP contribution >= 0.6 is 23.2 Å². The lowest BCUT2D eigenvalue weighted by atomic mass is 9.62. The molecule has 1 saturated carbocycles. The first-order valence-electron chi connectivity index (χ1n) is 7.88. The van der Waals surface area contributed by atoms with E-state index < -0.39 is 0 Å². The summed E-state index contributed by atoms with van der Waals surface area (Å²) < 4.78 is 0. The maximum atomic E-state index is 11.8. The molecule has 0 aromatic rings. The molecule has 0 aromatic carbocycles. The highest BCUT2D eigenvalue weighted by atomic mass is 35.5. The number of hydrogen-bond acceptors (Lipinski definition) is 2. The van der Waals surface area contributed by atoms with E-state index in [1.54, 1.807) is 0 Å². The first-order chi connectivity index (χ1) is 10.2. The average molecular weight is 351 g/mol. The van der Waals surface area contributed by atoms with Gasteiger partial charge in [0.15, 0.2) is 0 Å². The molecule has 0 heterocycles. The summed E-state index contributed by atoms with van der Waals surface area (Å²) in [6, 6.07) is 0.134. The molecule has 0 aliphatic heterocycles. The van der Waals surface area contributed by atoms with Crippen LogP contribution in [-0.2, 0) is 9.59 Å². The minimum Gasteiger partial charge on any atom is -0.356 e. The number of nitrogens with one attached hydrogen (secondary N) is 2. The fourth-order valence-corrected chi connectivity index (χ4v) is 4.09. The number of halogens is 2. The van der Waals surface area contributed by atoms with Crippen molar-refractivity contribution < 1.29 is 9.59 Å². The summed E-state index contributed by atoms with van der Waals surface area (Å²) >= 11 is 11.2. The Hall–Kier alpha value is -0.480. The van der Waals surface area contributed by atoms with Gasteiger partial charge >= 0.3 is 0 Å². The Bertz CT molecular complexity index is 402. The predicted molar refractivity (Wildman–Crippen MR) is 91.4 cm³/mol. The molecule has 128 valence electrons. The van der Waals surface area contributed by atoms with E-state index in [0.717, 1.165) is 19.3 Å². The normalized spacial score (nSPS) is 27.2. The van der Waals surface area contributed by atoms with E-state index >= 15 is 0 Å². The maximum Gasteiger partial charge on any atom is 0.221 e. The molecular weight excluding hydrogens is 323 g/mol. The molecule has 2 N–H and O–H groups in total. The molecule has 4 nitrogen and oxygen atoms in total. The summed E-state index contributed by atoms with van der Waals surface area (Å²) in [5.74, 6) is 0.673. The average Bonchev–Trinajstić information content (AvgIpc) is 2.34. The lowest BCUT2D eigenvalue weighted by Gasteiger charge is -2.47. The standard InChI is InChI=1S/C16H28Cl2N2O2/c1-15(2)8-12(20-14(22)5-7-18)9-16(3,10-15)11-19-13(21)4-6-17/h12H,4-11H2,1-3H3,(H,19,21)(H,20,22). The summed E-state index contributed by atoms with van der Waals surface area (Å²) in [7, 11) is 0. The van der Waals surface area contributed by atoms with E-state index in [-0.39, 0.29) is 28.7 Å². The highest BCUT2D eigenvalue weighted by molar-refractivity contribution is 6.19. The van der Waals surface area contributed by atoms with Crippen LogP contribution in [0.15, 0.2) is 0 Å². The van der Waals surface area contributed by atoms with Crippen molar-refractivity contribution in [1.82, 2.24) is 10.6 Å². The fraction of sp³-hybridized carbons (Fsp3) is 0.875. The Morgan fingerprint density at radius 1 is 1.05 bits per heavy atom. The number of hydrogen-bond donors (Lipinski definition) is 2. The van der Waals surface area contributed by atoms with Crippen molar-refractivity contribution in [3.05, 3.63) is 0 Å². The molecule has 1 fully saturated rings. The first-order valence-corrected chi connectivity index (χ1v) is 8.95. The molecule has 1 aliphatic carbocycles. The van der Waals surface area contributed by atoms with Crippen LogP contribution in [0.25, 0.3) is 0 Å². The van der Waals surface area contributed by atoms with Crippen LogP contribution < -0.4 is 10.6 Å². The zero-order chi connectivity index (χ0) is 16.8. The number of carbonyl (C=O) groups excluding carboxylic acids is 2. The minimum atomic E-state index is -0.0252. The molecule has 0 aromatic heterocycles. The topological polar surface area (TPSA) is 58.2 Å². The number of amides is 2. The molecule has 1 aliphatic rings. The second kappa shape index (κ2) is 8.39. The summed E-state index contributed by atoms with van der Waals surface area (Å²) in [6.07, 6.45) is 3.53. The van der Waals surface area contributed by atoms with E-state index in [4.69, 9.17) is 23.2 Å². The Labute approximate surface area is 143 Å². The van der Waals surface area contributed by atoms with Crippen LogP contribution in [0.5, 0.6) is 0 Å². The number of alkyl halides is 2. The van der Waals surface area contributed by atoms with Gasteiger partial charge in [-0.3, -0.25) is 9.59 Å². The second-order valence-corrected chi connectivity index (χ2v) is 8.23. The van der Waals surface area contributed by atoms with Crippen LogP contribution in [0, 0.1) is 10.8 Å². The maximum absolute atomic E-state index is 11.8. The summed E-state index contributed by atoms with van der Waals surface area (Å²) in [4.78, 5) is 23.5. The third-order valence-corrected chi connectivity index (χ3v) is 4.54. The molecule has 2 unspecified atom stereocenters. The van der Waals surface area contributed by atoms with Crippen LogP contribution in [0.1, 0.15) is 52.9 Å². The van der Waals surface area contributed by atoms with E-state index in [2.05, 4.69) is 31.4 Å². The predicted octanol–water partition coefficient (Wildman–Crippen LogP) is 3.06. The lowest BCUT2D eigenvalue weighted by molar-refractivity contribution is -0.123. The van der Waals surface area contributed by atoms with Crippen molar-refractivity contribution in [2.75, 3.05) is 18.3 Å². The zero-order valence-corrected chi connectivity index (χ0v) is 15.3. The van der Waals surface area contributed by atoms with Crippen LogP contribution in [0.3, 0.4) is 0 Å². The van der Waals surface area contributed by atoms with E-state index in [1.807, 2.05) is 0 Å². The van der Waals surface area contributed by atoms with Gasteiger partial charge in [0.25, 0.3) is 0 Å².